The molecule has 25 heavy (non-hydrogen) atoms. The summed E-state index contributed by atoms with van der Waals surface area (Å²) in [4.78, 5) is 11.2. The molecule has 0 atom stereocenters. The molecule has 2 aromatic heterocycles. The summed E-state index contributed by atoms with van der Waals surface area (Å²) < 4.78 is 2.03. The zero-order valence-corrected chi connectivity index (χ0v) is 18.0. The van der Waals surface area contributed by atoms with Gasteiger partial charge in [-0.25, -0.2) is 9.67 Å². The van der Waals surface area contributed by atoms with Crippen LogP contribution in [-0.4, -0.2) is 56.3 Å². The van der Waals surface area contributed by atoms with Crippen LogP contribution < -0.4 is 5.32 Å². The van der Waals surface area contributed by atoms with E-state index in [2.05, 4.69) is 39.1 Å². The average Bonchev–Trinajstić information content (AvgIpc) is 3.09. The maximum absolute atomic E-state index is 4.45. The largest absolute Gasteiger partial charge is 0.352 e. The van der Waals surface area contributed by atoms with Crippen molar-refractivity contribution in [1.29, 1.82) is 0 Å². The zero-order valence-electron chi connectivity index (χ0n) is 14.8. The molecule has 0 radical (unpaired) electrons. The van der Waals surface area contributed by atoms with Gasteiger partial charge < -0.3 is 10.2 Å². The topological polar surface area (TPSA) is 58.3 Å². The van der Waals surface area contributed by atoms with E-state index in [-0.39, 0.29) is 28.7 Å². The smallest absolute Gasteiger partial charge is 0.193 e. The fraction of sp³-hybridized carbons (Fsp3) is 0.471. The number of rotatable bonds is 3. The van der Waals surface area contributed by atoms with Gasteiger partial charge in [-0.2, -0.15) is 16.9 Å². The summed E-state index contributed by atoms with van der Waals surface area (Å²) in [7, 11) is 1.85. The normalized spacial score (nSPS) is 17.1. The Hall–Kier alpha value is -1.29. The molecular formula is C17H25IN6S. The van der Waals surface area contributed by atoms with Crippen molar-refractivity contribution in [3.63, 3.8) is 0 Å². The van der Waals surface area contributed by atoms with Crippen LogP contribution in [-0.2, 0) is 6.54 Å². The number of halogens is 1. The Morgan fingerprint density at radius 3 is 2.92 bits per heavy atom. The van der Waals surface area contributed by atoms with Crippen LogP contribution in [0.25, 0.3) is 5.82 Å². The van der Waals surface area contributed by atoms with Crippen LogP contribution in [0, 0.1) is 0 Å². The Morgan fingerprint density at radius 2 is 2.24 bits per heavy atom. The summed E-state index contributed by atoms with van der Waals surface area (Å²) in [5.74, 6) is 2.91. The van der Waals surface area contributed by atoms with E-state index in [0.717, 1.165) is 36.2 Å². The van der Waals surface area contributed by atoms with E-state index >= 15 is 0 Å². The monoisotopic (exact) mass is 472 g/mol. The first-order chi connectivity index (χ1) is 11.6. The Kier molecular flexibility index (Phi) is 7.12. The van der Waals surface area contributed by atoms with Gasteiger partial charge in [0.25, 0.3) is 0 Å². The second-order valence-corrected chi connectivity index (χ2v) is 8.21. The first kappa shape index (κ1) is 20.0. The van der Waals surface area contributed by atoms with Crippen LogP contribution in [0.15, 0.2) is 41.8 Å². The summed E-state index contributed by atoms with van der Waals surface area (Å²) in [5, 5.41) is 7.70. The second kappa shape index (κ2) is 8.88. The maximum Gasteiger partial charge on any atom is 0.193 e. The Labute approximate surface area is 170 Å². The molecule has 1 saturated heterocycles. The summed E-state index contributed by atoms with van der Waals surface area (Å²) in [6.45, 7) is 7.33. The zero-order chi connectivity index (χ0) is 17.0. The van der Waals surface area contributed by atoms with Crippen LogP contribution >= 0.6 is 35.7 Å². The molecule has 1 N–H and O–H groups in total. The van der Waals surface area contributed by atoms with Gasteiger partial charge in [-0.1, -0.05) is 0 Å². The molecule has 0 unspecified atom stereocenters. The molecule has 3 heterocycles. The lowest BCUT2D eigenvalue weighted by Crippen LogP contribution is -2.50. The molecule has 0 aliphatic carbocycles. The van der Waals surface area contributed by atoms with E-state index in [4.69, 9.17) is 0 Å². The maximum atomic E-state index is 4.45. The molecule has 1 fully saturated rings. The number of aliphatic imine (C=N–C) groups is 1. The molecule has 0 bridgehead atoms. The number of guanidine groups is 1. The van der Waals surface area contributed by atoms with Crippen LogP contribution in [0.3, 0.4) is 0 Å². The van der Waals surface area contributed by atoms with E-state index in [9.17, 15) is 0 Å². The third-order valence-corrected chi connectivity index (χ3v) is 5.23. The van der Waals surface area contributed by atoms with E-state index < -0.39 is 0 Å². The van der Waals surface area contributed by atoms with E-state index in [1.54, 1.807) is 10.9 Å². The minimum Gasteiger partial charge on any atom is -0.352 e. The van der Waals surface area contributed by atoms with Crippen LogP contribution in [0.4, 0.5) is 0 Å². The van der Waals surface area contributed by atoms with Crippen molar-refractivity contribution >= 4 is 41.7 Å². The molecule has 1 aliphatic rings. The third-order valence-electron chi connectivity index (χ3n) is 3.94. The van der Waals surface area contributed by atoms with Crippen molar-refractivity contribution in [3.05, 3.63) is 42.4 Å². The Bertz CT molecular complexity index is 701. The van der Waals surface area contributed by atoms with Gasteiger partial charge in [-0.3, -0.25) is 4.99 Å². The van der Waals surface area contributed by atoms with E-state index in [1.807, 2.05) is 49.4 Å². The van der Waals surface area contributed by atoms with Crippen LogP contribution in [0.5, 0.6) is 0 Å². The van der Waals surface area contributed by atoms with Crippen LogP contribution in [0.2, 0.25) is 0 Å². The molecule has 6 nitrogen and oxygen atoms in total. The Morgan fingerprint density at radius 1 is 1.40 bits per heavy atom. The van der Waals surface area contributed by atoms with Crippen LogP contribution in [0.1, 0.15) is 19.4 Å². The highest BCUT2D eigenvalue weighted by Gasteiger charge is 2.28. The molecule has 0 saturated carbocycles. The quantitative estimate of drug-likeness (QED) is 0.423. The number of hydrogen-bond donors (Lipinski definition) is 1. The number of hydrogen-bond acceptors (Lipinski definition) is 4. The van der Waals surface area contributed by atoms with Gasteiger partial charge >= 0.3 is 0 Å². The van der Waals surface area contributed by atoms with Crippen molar-refractivity contribution in [2.75, 3.05) is 25.9 Å². The fourth-order valence-electron chi connectivity index (χ4n) is 2.81. The standard InChI is InChI=1S/C17H24N6S.HI/c1-17(2)13-22(9-10-24-17)16(18-3)20-12-14-5-7-19-15(11-14)23-8-4-6-21-23;/h4-8,11H,9-10,12-13H2,1-3H3,(H,18,20);1H. The summed E-state index contributed by atoms with van der Waals surface area (Å²) in [6, 6.07) is 5.96. The first-order valence-corrected chi connectivity index (χ1v) is 9.10. The van der Waals surface area contributed by atoms with E-state index in [1.165, 1.54) is 0 Å². The SMILES string of the molecule is CN=C(NCc1ccnc(-n2cccn2)c1)N1CCSC(C)(C)C1.I. The summed E-state index contributed by atoms with van der Waals surface area (Å²) in [6.07, 6.45) is 5.47. The van der Waals surface area contributed by atoms with Gasteiger partial charge in [0.1, 0.15) is 0 Å². The second-order valence-electron chi connectivity index (χ2n) is 6.40. The van der Waals surface area contributed by atoms with Gasteiger partial charge in [-0.15, -0.1) is 24.0 Å². The minimum atomic E-state index is 0. The number of thioether (sulfide) groups is 1. The highest BCUT2D eigenvalue weighted by Crippen LogP contribution is 2.29. The van der Waals surface area contributed by atoms with Gasteiger partial charge in [-0.05, 0) is 37.6 Å². The predicted octanol–water partition coefficient (Wildman–Crippen LogP) is 2.79. The highest BCUT2D eigenvalue weighted by atomic mass is 127. The highest BCUT2D eigenvalue weighted by molar-refractivity contribution is 14.0. The lowest BCUT2D eigenvalue weighted by atomic mass is 10.2. The number of nitrogens with one attached hydrogen (secondary N) is 1. The van der Waals surface area contributed by atoms with Gasteiger partial charge in [0.05, 0.1) is 0 Å². The molecule has 0 aromatic carbocycles. The molecule has 2 aromatic rings. The molecule has 0 spiro atoms. The molecule has 3 rings (SSSR count). The van der Waals surface area contributed by atoms with Crippen molar-refractivity contribution in [3.8, 4) is 5.82 Å². The molecule has 8 heteroatoms. The minimum absolute atomic E-state index is 0. The molecule has 136 valence electrons. The van der Waals surface area contributed by atoms with E-state index in [0.29, 0.717) is 6.54 Å². The third kappa shape index (κ3) is 5.34. The summed E-state index contributed by atoms with van der Waals surface area (Å²) >= 11 is 2.02. The summed E-state index contributed by atoms with van der Waals surface area (Å²) in [5.41, 5.74) is 1.15. The fourth-order valence-corrected chi connectivity index (χ4v) is 3.92. The number of nitrogens with zero attached hydrogens (tertiary/aromatic N) is 5. The lowest BCUT2D eigenvalue weighted by molar-refractivity contribution is 0.375. The van der Waals surface area contributed by atoms with Crippen molar-refractivity contribution in [2.24, 2.45) is 4.99 Å². The average molecular weight is 472 g/mol. The van der Waals surface area contributed by atoms with Gasteiger partial charge in [0, 0.05) is 55.8 Å². The van der Waals surface area contributed by atoms with Crippen molar-refractivity contribution in [1.82, 2.24) is 25.0 Å². The molecular weight excluding hydrogens is 447 g/mol. The van der Waals surface area contributed by atoms with Crippen molar-refractivity contribution in [2.45, 2.75) is 25.1 Å². The van der Waals surface area contributed by atoms with Gasteiger partial charge in [0.15, 0.2) is 11.8 Å². The molecule has 0 amide bonds. The number of pyridine rings is 1. The molecule has 1 aliphatic heterocycles. The Balaban J connectivity index is 0.00000225. The predicted molar refractivity (Wildman–Crippen MR) is 115 cm³/mol. The lowest BCUT2D eigenvalue weighted by Gasteiger charge is -2.39. The van der Waals surface area contributed by atoms with Crippen molar-refractivity contribution < 1.29 is 0 Å². The number of aromatic nitrogens is 3. The van der Waals surface area contributed by atoms with Gasteiger partial charge in [0.2, 0.25) is 0 Å². The first-order valence-electron chi connectivity index (χ1n) is 8.12.